The van der Waals surface area contributed by atoms with E-state index in [1.807, 2.05) is 0 Å². The molecule has 2 aromatic heterocycles. The Labute approximate surface area is 122 Å². The van der Waals surface area contributed by atoms with Gasteiger partial charge in [0, 0.05) is 31.1 Å². The summed E-state index contributed by atoms with van der Waals surface area (Å²) in [5.41, 5.74) is 3.22. The molecule has 0 bridgehead atoms. The van der Waals surface area contributed by atoms with Crippen molar-refractivity contribution in [2.24, 2.45) is 0 Å². The third-order valence-electron chi connectivity index (χ3n) is 3.70. The first kappa shape index (κ1) is 13.5. The van der Waals surface area contributed by atoms with E-state index in [1.54, 1.807) is 11.3 Å². The van der Waals surface area contributed by atoms with E-state index in [2.05, 4.69) is 45.5 Å². The van der Waals surface area contributed by atoms with Crippen LogP contribution in [0, 0.1) is 0 Å². The van der Waals surface area contributed by atoms with Gasteiger partial charge in [-0.15, -0.1) is 0 Å². The molecule has 3 rings (SSSR count). The van der Waals surface area contributed by atoms with E-state index >= 15 is 0 Å². The van der Waals surface area contributed by atoms with Crippen LogP contribution in [0.1, 0.15) is 42.4 Å². The van der Waals surface area contributed by atoms with Gasteiger partial charge in [-0.05, 0) is 28.8 Å². The summed E-state index contributed by atoms with van der Waals surface area (Å²) in [7, 11) is 0. The fourth-order valence-corrected chi connectivity index (χ4v) is 3.22. The van der Waals surface area contributed by atoms with Crippen LogP contribution in [0.4, 0.5) is 0 Å². The highest BCUT2D eigenvalue weighted by molar-refractivity contribution is 7.07. The van der Waals surface area contributed by atoms with Crippen molar-refractivity contribution in [2.75, 3.05) is 6.54 Å². The van der Waals surface area contributed by atoms with Crippen molar-refractivity contribution < 1.29 is 0 Å². The number of hydrogen-bond acceptors (Lipinski definition) is 4. The number of aromatic amines is 1. The van der Waals surface area contributed by atoms with E-state index in [9.17, 15) is 4.79 Å². The minimum absolute atomic E-state index is 0.0499. The van der Waals surface area contributed by atoms with Crippen molar-refractivity contribution in [3.8, 4) is 0 Å². The number of thiophene rings is 1. The number of hydrogen-bond donors (Lipinski definition) is 1. The number of nitrogens with zero attached hydrogens (tertiary/aromatic N) is 2. The fraction of sp³-hybridized carbons (Fsp3) is 0.467. The highest BCUT2D eigenvalue weighted by Crippen LogP contribution is 2.19. The molecular formula is C15H19N3OS. The van der Waals surface area contributed by atoms with Crippen LogP contribution in [-0.4, -0.2) is 21.4 Å². The molecule has 0 amide bonds. The maximum atomic E-state index is 12.1. The first-order valence-electron chi connectivity index (χ1n) is 6.99. The molecule has 0 unspecified atom stereocenters. The third kappa shape index (κ3) is 2.69. The molecule has 5 heteroatoms. The fourth-order valence-electron chi connectivity index (χ4n) is 2.56. The van der Waals surface area contributed by atoms with Gasteiger partial charge in [0.15, 0.2) is 0 Å². The highest BCUT2D eigenvalue weighted by atomic mass is 32.1. The number of rotatable bonds is 3. The molecule has 3 heterocycles. The second kappa shape index (κ2) is 5.50. The molecule has 1 N–H and O–H groups in total. The quantitative estimate of drug-likeness (QED) is 0.944. The van der Waals surface area contributed by atoms with Gasteiger partial charge in [0.05, 0.1) is 5.69 Å². The van der Waals surface area contributed by atoms with Crippen LogP contribution in [0.5, 0.6) is 0 Å². The molecule has 0 aromatic carbocycles. The van der Waals surface area contributed by atoms with Gasteiger partial charge in [-0.25, -0.2) is 4.98 Å². The highest BCUT2D eigenvalue weighted by Gasteiger charge is 2.21. The van der Waals surface area contributed by atoms with E-state index in [4.69, 9.17) is 0 Å². The van der Waals surface area contributed by atoms with Gasteiger partial charge in [0.1, 0.15) is 5.82 Å². The van der Waals surface area contributed by atoms with Crippen LogP contribution in [0.3, 0.4) is 0 Å². The van der Waals surface area contributed by atoms with Gasteiger partial charge in [0.25, 0.3) is 5.56 Å². The van der Waals surface area contributed by atoms with Crippen LogP contribution in [0.25, 0.3) is 0 Å². The van der Waals surface area contributed by atoms with Gasteiger partial charge in [-0.1, -0.05) is 13.8 Å². The SMILES string of the molecule is CC(C)c1nc2c(c(=O)[nH]1)CCN(Cc1ccsc1)C2. The van der Waals surface area contributed by atoms with E-state index < -0.39 is 0 Å². The van der Waals surface area contributed by atoms with Gasteiger partial charge in [-0.2, -0.15) is 11.3 Å². The zero-order chi connectivity index (χ0) is 14.1. The molecule has 0 aliphatic carbocycles. The molecule has 106 valence electrons. The summed E-state index contributed by atoms with van der Waals surface area (Å²) >= 11 is 1.73. The van der Waals surface area contributed by atoms with Crippen LogP contribution >= 0.6 is 11.3 Å². The van der Waals surface area contributed by atoms with Crippen LogP contribution < -0.4 is 5.56 Å². The van der Waals surface area contributed by atoms with Gasteiger partial charge >= 0.3 is 0 Å². The Bertz CT molecular complexity index is 646. The van der Waals surface area contributed by atoms with E-state index in [-0.39, 0.29) is 11.5 Å². The standard InChI is InChI=1S/C15H19N3OS/c1-10(2)14-16-13-8-18(7-11-4-6-20-9-11)5-3-12(13)15(19)17-14/h4,6,9-10H,3,5,7-8H2,1-2H3,(H,16,17,19). The molecule has 0 spiro atoms. The average molecular weight is 289 g/mol. The van der Waals surface area contributed by atoms with Crippen molar-refractivity contribution in [3.63, 3.8) is 0 Å². The zero-order valence-corrected chi connectivity index (χ0v) is 12.7. The van der Waals surface area contributed by atoms with Crippen molar-refractivity contribution >= 4 is 11.3 Å². The molecule has 2 aromatic rings. The van der Waals surface area contributed by atoms with Gasteiger partial charge < -0.3 is 4.98 Å². The second-order valence-electron chi connectivity index (χ2n) is 5.62. The molecule has 0 saturated carbocycles. The van der Waals surface area contributed by atoms with Crippen molar-refractivity contribution in [2.45, 2.75) is 39.3 Å². The predicted octanol–water partition coefficient (Wildman–Crippen LogP) is 2.51. The molecule has 0 radical (unpaired) electrons. The summed E-state index contributed by atoms with van der Waals surface area (Å²) in [6.45, 7) is 6.74. The molecular weight excluding hydrogens is 270 g/mol. The number of H-pyrrole nitrogens is 1. The molecule has 0 fully saturated rings. The Hall–Kier alpha value is -1.46. The van der Waals surface area contributed by atoms with Crippen molar-refractivity contribution in [1.82, 2.24) is 14.9 Å². The largest absolute Gasteiger partial charge is 0.310 e. The third-order valence-corrected chi connectivity index (χ3v) is 4.44. The summed E-state index contributed by atoms with van der Waals surface area (Å²) in [6, 6.07) is 2.16. The maximum Gasteiger partial charge on any atom is 0.254 e. The minimum atomic E-state index is 0.0499. The van der Waals surface area contributed by atoms with Crippen LogP contribution in [0.15, 0.2) is 21.6 Å². The first-order valence-corrected chi connectivity index (χ1v) is 7.93. The van der Waals surface area contributed by atoms with Crippen molar-refractivity contribution in [3.05, 3.63) is 49.8 Å². The Balaban J connectivity index is 1.84. The monoisotopic (exact) mass is 289 g/mol. The maximum absolute atomic E-state index is 12.1. The number of nitrogens with one attached hydrogen (secondary N) is 1. The van der Waals surface area contributed by atoms with E-state index in [1.165, 1.54) is 5.56 Å². The Morgan fingerprint density at radius 2 is 2.35 bits per heavy atom. The smallest absolute Gasteiger partial charge is 0.254 e. The van der Waals surface area contributed by atoms with Crippen LogP contribution in [-0.2, 0) is 19.5 Å². The molecule has 1 aliphatic rings. The lowest BCUT2D eigenvalue weighted by molar-refractivity contribution is 0.240. The normalized spacial score (nSPS) is 15.6. The summed E-state index contributed by atoms with van der Waals surface area (Å²) < 4.78 is 0. The first-order chi connectivity index (χ1) is 9.63. The molecule has 20 heavy (non-hydrogen) atoms. The molecule has 0 saturated heterocycles. The number of fused-ring (bicyclic) bond motifs is 1. The lowest BCUT2D eigenvalue weighted by Crippen LogP contribution is -2.35. The molecule has 1 aliphatic heterocycles. The summed E-state index contributed by atoms with van der Waals surface area (Å²) in [4.78, 5) is 22.0. The average Bonchev–Trinajstić information content (AvgIpc) is 2.91. The Morgan fingerprint density at radius 1 is 1.50 bits per heavy atom. The second-order valence-corrected chi connectivity index (χ2v) is 6.40. The summed E-state index contributed by atoms with van der Waals surface area (Å²) in [5.74, 6) is 1.05. The van der Waals surface area contributed by atoms with Gasteiger partial charge in [-0.3, -0.25) is 9.69 Å². The minimum Gasteiger partial charge on any atom is -0.310 e. The Kier molecular flexibility index (Phi) is 3.72. The predicted molar refractivity (Wildman–Crippen MR) is 81.1 cm³/mol. The molecule has 4 nitrogen and oxygen atoms in total. The Morgan fingerprint density at radius 3 is 3.05 bits per heavy atom. The van der Waals surface area contributed by atoms with Crippen LogP contribution in [0.2, 0.25) is 0 Å². The summed E-state index contributed by atoms with van der Waals surface area (Å²) in [5, 5.41) is 4.29. The summed E-state index contributed by atoms with van der Waals surface area (Å²) in [6.07, 6.45) is 0.792. The van der Waals surface area contributed by atoms with Gasteiger partial charge in [0.2, 0.25) is 0 Å². The molecule has 0 atom stereocenters. The lowest BCUT2D eigenvalue weighted by Gasteiger charge is -2.27. The zero-order valence-electron chi connectivity index (χ0n) is 11.8. The van der Waals surface area contributed by atoms with E-state index in [0.29, 0.717) is 0 Å². The van der Waals surface area contributed by atoms with E-state index in [0.717, 1.165) is 43.1 Å². The number of aromatic nitrogens is 2. The lowest BCUT2D eigenvalue weighted by atomic mass is 10.1. The van der Waals surface area contributed by atoms with Crippen molar-refractivity contribution in [1.29, 1.82) is 0 Å². The topological polar surface area (TPSA) is 49.0 Å².